The number of allylic oxidation sites excluding steroid dienone is 1. The minimum atomic E-state index is -0.319. The number of ether oxygens (including phenoxy) is 1. The Bertz CT molecular complexity index is 234. The summed E-state index contributed by atoms with van der Waals surface area (Å²) < 4.78 is 4.69. The number of hydrogen-bond donors (Lipinski definition) is 1. The van der Waals surface area contributed by atoms with Crippen LogP contribution in [0.5, 0.6) is 0 Å². The van der Waals surface area contributed by atoms with Gasteiger partial charge >= 0.3 is 5.97 Å². The highest BCUT2D eigenvalue weighted by Gasteiger charge is 2.01. The first kappa shape index (κ1) is 12.7. The van der Waals surface area contributed by atoms with E-state index in [4.69, 9.17) is 4.74 Å². The summed E-state index contributed by atoms with van der Waals surface area (Å²) >= 11 is 0. The molecule has 0 aliphatic heterocycles. The van der Waals surface area contributed by atoms with E-state index in [1.54, 1.807) is 27.0 Å². The number of carbonyl (C=O) groups is 2. The Morgan fingerprint density at radius 1 is 1.36 bits per heavy atom. The van der Waals surface area contributed by atoms with Crippen molar-refractivity contribution in [3.63, 3.8) is 0 Å². The fourth-order valence-corrected chi connectivity index (χ4v) is 0.859. The maximum atomic E-state index is 11.1. The number of ketones is 1. The molecule has 0 aliphatic carbocycles. The third-order valence-corrected chi connectivity index (χ3v) is 1.63. The van der Waals surface area contributed by atoms with Gasteiger partial charge in [0.25, 0.3) is 0 Å². The normalized spacial score (nSPS) is 10.9. The van der Waals surface area contributed by atoms with Crippen LogP contribution >= 0.6 is 0 Å². The van der Waals surface area contributed by atoms with Crippen LogP contribution in [0.3, 0.4) is 0 Å². The first-order valence-electron chi connectivity index (χ1n) is 4.70. The molecule has 0 saturated heterocycles. The highest BCUT2D eigenvalue weighted by atomic mass is 16.5. The van der Waals surface area contributed by atoms with Gasteiger partial charge in [0.15, 0.2) is 5.78 Å². The summed E-state index contributed by atoms with van der Waals surface area (Å²) in [5.74, 6) is -0.248. The van der Waals surface area contributed by atoms with Crippen LogP contribution in [0.1, 0.15) is 27.2 Å². The zero-order valence-electron chi connectivity index (χ0n) is 8.92. The van der Waals surface area contributed by atoms with Crippen LogP contribution in [0.15, 0.2) is 11.8 Å². The van der Waals surface area contributed by atoms with E-state index < -0.39 is 0 Å². The van der Waals surface area contributed by atoms with Crippen LogP contribution in [0, 0.1) is 0 Å². The van der Waals surface area contributed by atoms with Crippen LogP contribution in [-0.4, -0.2) is 24.9 Å². The lowest BCUT2D eigenvalue weighted by Gasteiger charge is -2.02. The molecule has 14 heavy (non-hydrogen) atoms. The number of rotatable bonds is 6. The van der Waals surface area contributed by atoms with Crippen LogP contribution in [-0.2, 0) is 14.3 Å². The smallest absolute Gasteiger partial charge is 0.325 e. The molecule has 0 aromatic heterocycles. The second-order valence-electron chi connectivity index (χ2n) is 2.79. The fourth-order valence-electron chi connectivity index (χ4n) is 0.859. The van der Waals surface area contributed by atoms with Crippen molar-refractivity contribution in [2.75, 3.05) is 13.2 Å². The maximum Gasteiger partial charge on any atom is 0.325 e. The molecule has 0 amide bonds. The van der Waals surface area contributed by atoms with Gasteiger partial charge in [-0.2, -0.15) is 0 Å². The molecule has 0 atom stereocenters. The lowest BCUT2D eigenvalue weighted by atomic mass is 10.2. The van der Waals surface area contributed by atoms with E-state index in [0.717, 1.165) is 0 Å². The van der Waals surface area contributed by atoms with Gasteiger partial charge in [-0.1, -0.05) is 6.92 Å². The maximum absolute atomic E-state index is 11.1. The molecule has 4 nitrogen and oxygen atoms in total. The summed E-state index contributed by atoms with van der Waals surface area (Å²) in [6, 6.07) is 0. The summed E-state index contributed by atoms with van der Waals surface area (Å²) in [4.78, 5) is 22.0. The Kier molecular flexibility index (Phi) is 6.45. The third-order valence-electron chi connectivity index (χ3n) is 1.63. The van der Waals surface area contributed by atoms with Gasteiger partial charge in [0.1, 0.15) is 6.54 Å². The lowest BCUT2D eigenvalue weighted by molar-refractivity contribution is -0.141. The number of hydrogen-bond acceptors (Lipinski definition) is 4. The van der Waals surface area contributed by atoms with Crippen LogP contribution in [0.4, 0.5) is 0 Å². The van der Waals surface area contributed by atoms with Crippen molar-refractivity contribution >= 4 is 11.8 Å². The monoisotopic (exact) mass is 199 g/mol. The summed E-state index contributed by atoms with van der Waals surface area (Å²) in [6.45, 7) is 5.73. The SMILES string of the molecule is CCOC(=O)CN/C=C(\C)C(=O)CC. The van der Waals surface area contributed by atoms with Crippen molar-refractivity contribution in [1.82, 2.24) is 5.32 Å². The molecular weight excluding hydrogens is 182 g/mol. The van der Waals surface area contributed by atoms with Gasteiger partial charge in [-0.15, -0.1) is 0 Å². The van der Waals surface area contributed by atoms with E-state index in [9.17, 15) is 9.59 Å². The van der Waals surface area contributed by atoms with Gasteiger partial charge in [0.05, 0.1) is 6.61 Å². The molecule has 0 bridgehead atoms. The first-order valence-corrected chi connectivity index (χ1v) is 4.70. The molecule has 0 aromatic rings. The van der Waals surface area contributed by atoms with E-state index in [1.807, 2.05) is 0 Å². The molecule has 0 unspecified atom stereocenters. The van der Waals surface area contributed by atoms with Crippen molar-refractivity contribution in [1.29, 1.82) is 0 Å². The second-order valence-corrected chi connectivity index (χ2v) is 2.79. The van der Waals surface area contributed by atoms with E-state index in [0.29, 0.717) is 18.6 Å². The standard InChI is InChI=1S/C10H17NO3/c1-4-9(12)8(3)6-11-7-10(13)14-5-2/h6,11H,4-5,7H2,1-3H3/b8-6+. The zero-order chi connectivity index (χ0) is 11.0. The van der Waals surface area contributed by atoms with E-state index in [-0.39, 0.29) is 18.3 Å². The van der Waals surface area contributed by atoms with Gasteiger partial charge in [-0.25, -0.2) is 0 Å². The molecular formula is C10H17NO3. The predicted octanol–water partition coefficient (Wildman–Crippen LogP) is 1.02. The van der Waals surface area contributed by atoms with Crippen LogP contribution in [0.2, 0.25) is 0 Å². The summed E-state index contributed by atoms with van der Waals surface area (Å²) in [5, 5.41) is 2.73. The minimum absolute atomic E-state index is 0.0707. The molecule has 0 radical (unpaired) electrons. The number of nitrogens with one attached hydrogen (secondary N) is 1. The Morgan fingerprint density at radius 3 is 2.50 bits per heavy atom. The number of Topliss-reactive ketones (excluding diaryl/α,β-unsaturated/α-hetero) is 1. The third kappa shape index (κ3) is 5.35. The Balaban J connectivity index is 3.81. The molecule has 0 saturated carbocycles. The van der Waals surface area contributed by atoms with Gasteiger partial charge in [0.2, 0.25) is 0 Å². The van der Waals surface area contributed by atoms with Crippen molar-refractivity contribution in [3.05, 3.63) is 11.8 Å². The van der Waals surface area contributed by atoms with E-state index >= 15 is 0 Å². The Morgan fingerprint density at radius 2 is 2.00 bits per heavy atom. The second kappa shape index (κ2) is 7.12. The summed E-state index contributed by atoms with van der Waals surface area (Å²) in [7, 11) is 0. The quantitative estimate of drug-likeness (QED) is 0.512. The van der Waals surface area contributed by atoms with Gasteiger partial charge in [-0.05, 0) is 13.8 Å². The summed E-state index contributed by atoms with van der Waals surface area (Å²) in [6.07, 6.45) is 2.02. The van der Waals surface area contributed by atoms with Crippen molar-refractivity contribution in [2.24, 2.45) is 0 Å². The average molecular weight is 199 g/mol. The van der Waals surface area contributed by atoms with Crippen molar-refractivity contribution in [2.45, 2.75) is 27.2 Å². The molecule has 0 aromatic carbocycles. The van der Waals surface area contributed by atoms with E-state index in [2.05, 4.69) is 5.32 Å². The molecule has 0 fully saturated rings. The zero-order valence-corrected chi connectivity index (χ0v) is 8.92. The van der Waals surface area contributed by atoms with Crippen molar-refractivity contribution < 1.29 is 14.3 Å². The summed E-state index contributed by atoms with van der Waals surface area (Å²) in [5.41, 5.74) is 0.622. The molecule has 0 heterocycles. The predicted molar refractivity (Wildman–Crippen MR) is 53.7 cm³/mol. The Hall–Kier alpha value is -1.32. The largest absolute Gasteiger partial charge is 0.465 e. The highest BCUT2D eigenvalue weighted by molar-refractivity contribution is 5.94. The highest BCUT2D eigenvalue weighted by Crippen LogP contribution is 1.95. The molecule has 0 spiro atoms. The van der Waals surface area contributed by atoms with Gasteiger partial charge < -0.3 is 10.1 Å². The number of esters is 1. The van der Waals surface area contributed by atoms with Crippen molar-refractivity contribution in [3.8, 4) is 0 Å². The molecule has 80 valence electrons. The Labute approximate surface area is 84.3 Å². The van der Waals surface area contributed by atoms with Gasteiger partial charge in [-0.3, -0.25) is 9.59 Å². The fraction of sp³-hybridized carbons (Fsp3) is 0.600. The molecule has 4 heteroatoms. The number of carbonyl (C=O) groups excluding carboxylic acids is 2. The van der Waals surface area contributed by atoms with Gasteiger partial charge in [0, 0.05) is 18.2 Å². The minimum Gasteiger partial charge on any atom is -0.465 e. The molecule has 0 rings (SSSR count). The molecule has 0 aliphatic rings. The van der Waals surface area contributed by atoms with Crippen LogP contribution in [0.25, 0.3) is 0 Å². The molecule has 1 N–H and O–H groups in total. The average Bonchev–Trinajstić information content (AvgIpc) is 2.16. The van der Waals surface area contributed by atoms with Crippen LogP contribution < -0.4 is 5.32 Å². The van der Waals surface area contributed by atoms with E-state index in [1.165, 1.54) is 0 Å². The first-order chi connectivity index (χ1) is 6.61. The topological polar surface area (TPSA) is 55.4 Å². The lowest BCUT2D eigenvalue weighted by Crippen LogP contribution is -2.21.